The molecule has 1 saturated carbocycles. The summed E-state index contributed by atoms with van der Waals surface area (Å²) in [6.45, 7) is 14.2. The van der Waals surface area contributed by atoms with Crippen LogP contribution in [0.3, 0.4) is 0 Å². The summed E-state index contributed by atoms with van der Waals surface area (Å²) in [6.07, 6.45) is 5.20. The number of aromatic nitrogens is 1. The molecule has 53 heavy (non-hydrogen) atoms. The van der Waals surface area contributed by atoms with Crippen molar-refractivity contribution in [1.82, 2.24) is 14.4 Å². The molecule has 2 fully saturated rings. The maximum absolute atomic E-state index is 15.1. The zero-order valence-electron chi connectivity index (χ0n) is 32.4. The minimum Gasteiger partial charge on any atom is -0.497 e. The van der Waals surface area contributed by atoms with Gasteiger partial charge >= 0.3 is 6.09 Å². The van der Waals surface area contributed by atoms with Gasteiger partial charge in [-0.15, -0.1) is 0 Å². The number of piperidine rings is 1. The number of likely N-dealkylation sites (tertiary alicyclic amines) is 1. The Morgan fingerprint density at radius 1 is 0.943 bits per heavy atom. The normalized spacial score (nSPS) is 17.5. The first-order valence-electron chi connectivity index (χ1n) is 18.8. The van der Waals surface area contributed by atoms with Crippen LogP contribution in [-0.4, -0.2) is 78.5 Å². The van der Waals surface area contributed by atoms with E-state index in [-0.39, 0.29) is 24.0 Å². The van der Waals surface area contributed by atoms with Crippen LogP contribution < -0.4 is 4.74 Å². The SMILES string of the molecule is C=C(OC)c1ccc(-c2ccc3c(c2)c([C@H]2CCN(C(=O)OC(C)(C)C)C[C@@H]2C(=O)N(Cc2cc(C)cc(OCCCOC)c2)C2CC2)cn3C)cc1. The molecule has 0 bridgehead atoms. The highest BCUT2D eigenvalue weighted by atomic mass is 16.6. The number of ether oxygens (including phenoxy) is 4. The summed E-state index contributed by atoms with van der Waals surface area (Å²) in [5, 5.41) is 1.12. The van der Waals surface area contributed by atoms with E-state index in [2.05, 4.69) is 78.7 Å². The van der Waals surface area contributed by atoms with E-state index in [9.17, 15) is 4.79 Å². The predicted molar refractivity (Wildman–Crippen MR) is 210 cm³/mol. The monoisotopic (exact) mass is 721 g/mol. The Labute approximate surface area is 314 Å². The number of hydrogen-bond acceptors (Lipinski definition) is 6. The molecule has 0 N–H and O–H groups in total. The summed E-state index contributed by atoms with van der Waals surface area (Å²) >= 11 is 0. The van der Waals surface area contributed by atoms with Gasteiger partial charge in [-0.05, 0) is 99.0 Å². The van der Waals surface area contributed by atoms with E-state index in [4.69, 9.17) is 18.9 Å². The number of methoxy groups -OCH3 is 2. The lowest BCUT2D eigenvalue weighted by atomic mass is 9.79. The fraction of sp³-hybridized carbons (Fsp3) is 0.455. The average Bonchev–Trinajstić information content (AvgIpc) is 3.93. The number of fused-ring (bicyclic) bond motifs is 1. The molecule has 1 saturated heterocycles. The summed E-state index contributed by atoms with van der Waals surface area (Å²) in [5.41, 5.74) is 6.84. The van der Waals surface area contributed by atoms with Crippen molar-refractivity contribution >= 4 is 28.7 Å². The first-order chi connectivity index (χ1) is 25.3. The number of rotatable bonds is 13. The Bertz CT molecular complexity index is 1940. The van der Waals surface area contributed by atoms with Gasteiger partial charge in [0, 0.05) is 81.4 Å². The Hall–Kier alpha value is -4.76. The number of amides is 2. The molecule has 4 aromatic rings. The van der Waals surface area contributed by atoms with Gasteiger partial charge in [-0.3, -0.25) is 4.79 Å². The Morgan fingerprint density at radius 2 is 1.68 bits per heavy atom. The first-order valence-corrected chi connectivity index (χ1v) is 18.8. The highest BCUT2D eigenvalue weighted by molar-refractivity contribution is 5.91. The van der Waals surface area contributed by atoms with Crippen LogP contribution in [0.15, 0.2) is 73.4 Å². The van der Waals surface area contributed by atoms with E-state index in [1.54, 1.807) is 19.1 Å². The third-order valence-electron chi connectivity index (χ3n) is 10.3. The highest BCUT2D eigenvalue weighted by Gasteiger charge is 2.44. The molecule has 2 heterocycles. The largest absolute Gasteiger partial charge is 0.497 e. The highest BCUT2D eigenvalue weighted by Crippen LogP contribution is 2.42. The van der Waals surface area contributed by atoms with Gasteiger partial charge < -0.3 is 33.3 Å². The number of hydrogen-bond donors (Lipinski definition) is 0. The second-order valence-corrected chi connectivity index (χ2v) is 15.6. The van der Waals surface area contributed by atoms with Crippen molar-refractivity contribution in [3.8, 4) is 16.9 Å². The maximum Gasteiger partial charge on any atom is 0.410 e. The number of aryl methyl sites for hydroxylation is 2. The van der Waals surface area contributed by atoms with E-state index in [1.807, 2.05) is 39.0 Å². The summed E-state index contributed by atoms with van der Waals surface area (Å²) in [5.74, 6) is 0.971. The van der Waals surface area contributed by atoms with E-state index < -0.39 is 11.5 Å². The molecule has 0 spiro atoms. The Morgan fingerprint density at radius 3 is 2.36 bits per heavy atom. The molecule has 9 heteroatoms. The van der Waals surface area contributed by atoms with Crippen molar-refractivity contribution in [2.45, 2.75) is 77.5 Å². The smallest absolute Gasteiger partial charge is 0.410 e. The molecule has 282 valence electrons. The first kappa shape index (κ1) is 38.0. The van der Waals surface area contributed by atoms with Crippen molar-refractivity contribution in [3.05, 3.63) is 95.7 Å². The van der Waals surface area contributed by atoms with Crippen LogP contribution in [-0.2, 0) is 32.6 Å². The quantitative estimate of drug-likeness (QED) is 0.102. The average molecular weight is 722 g/mol. The van der Waals surface area contributed by atoms with Gasteiger partial charge in [-0.1, -0.05) is 43.0 Å². The lowest BCUT2D eigenvalue weighted by Crippen LogP contribution is -2.51. The molecule has 1 aliphatic carbocycles. The van der Waals surface area contributed by atoms with Crippen LogP contribution in [0, 0.1) is 12.8 Å². The maximum atomic E-state index is 15.1. The molecule has 0 unspecified atom stereocenters. The van der Waals surface area contributed by atoms with Gasteiger partial charge in [0.2, 0.25) is 5.91 Å². The van der Waals surface area contributed by atoms with Crippen molar-refractivity contribution in [2.75, 3.05) is 40.5 Å². The molecule has 2 amide bonds. The number of carbonyl (C=O) groups is 2. The van der Waals surface area contributed by atoms with Crippen LogP contribution in [0.25, 0.3) is 27.8 Å². The van der Waals surface area contributed by atoms with Crippen molar-refractivity contribution in [1.29, 1.82) is 0 Å². The summed E-state index contributed by atoms with van der Waals surface area (Å²) in [6, 6.07) is 21.2. The molecule has 2 atom stereocenters. The molecule has 0 radical (unpaired) electrons. The van der Waals surface area contributed by atoms with Gasteiger partial charge in [0.1, 0.15) is 17.1 Å². The zero-order chi connectivity index (χ0) is 37.9. The van der Waals surface area contributed by atoms with Gasteiger partial charge in [-0.2, -0.15) is 0 Å². The second-order valence-electron chi connectivity index (χ2n) is 15.6. The third-order valence-corrected chi connectivity index (χ3v) is 10.3. The van der Waals surface area contributed by atoms with Crippen molar-refractivity contribution in [2.24, 2.45) is 13.0 Å². The molecule has 3 aromatic carbocycles. The van der Waals surface area contributed by atoms with E-state index in [0.717, 1.165) is 69.3 Å². The van der Waals surface area contributed by atoms with E-state index in [1.165, 1.54) is 0 Å². The molecule has 2 aliphatic rings. The molecular formula is C44H55N3O6. The van der Waals surface area contributed by atoms with Crippen LogP contribution in [0.1, 0.15) is 74.6 Å². The topological polar surface area (TPSA) is 82.5 Å². The van der Waals surface area contributed by atoms with Crippen LogP contribution >= 0.6 is 0 Å². The fourth-order valence-electron chi connectivity index (χ4n) is 7.51. The van der Waals surface area contributed by atoms with Crippen molar-refractivity contribution < 1.29 is 28.5 Å². The molecule has 9 nitrogen and oxygen atoms in total. The minimum absolute atomic E-state index is 0.0805. The summed E-state index contributed by atoms with van der Waals surface area (Å²) < 4.78 is 24.6. The predicted octanol–water partition coefficient (Wildman–Crippen LogP) is 8.72. The molecule has 6 rings (SSSR count). The Kier molecular flexibility index (Phi) is 11.5. The van der Waals surface area contributed by atoms with Gasteiger partial charge in [0.05, 0.1) is 19.6 Å². The number of benzene rings is 3. The second kappa shape index (κ2) is 16.1. The lowest BCUT2D eigenvalue weighted by molar-refractivity contribution is -0.139. The van der Waals surface area contributed by atoms with Crippen LogP contribution in [0.4, 0.5) is 4.79 Å². The summed E-state index contributed by atoms with van der Waals surface area (Å²) in [7, 11) is 5.38. The third kappa shape index (κ3) is 9.07. The standard InChI is InChI=1S/C44H55N3O6/c1-29-22-31(24-36(23-29)52-21-9-20-50-7)26-47(35-15-16-35)42(48)40-28-46(43(49)53-44(3,4)5)19-18-37(40)39-27-45(6)41-17-14-34(25-38(39)41)33-12-10-32(11-13-33)30(2)51-8/h10-14,17,22-25,27,35,37,40H,2,9,15-16,18-21,26,28H2,1,3-8H3/t37-,40+/m1/s1. The van der Waals surface area contributed by atoms with E-state index >= 15 is 4.79 Å². The van der Waals surface area contributed by atoms with E-state index in [0.29, 0.717) is 45.0 Å². The molecule has 1 aromatic heterocycles. The lowest BCUT2D eigenvalue weighted by Gasteiger charge is -2.40. The summed E-state index contributed by atoms with van der Waals surface area (Å²) in [4.78, 5) is 32.3. The van der Waals surface area contributed by atoms with Crippen LogP contribution in [0.2, 0.25) is 0 Å². The number of carbonyl (C=O) groups excluding carboxylic acids is 2. The molecular weight excluding hydrogens is 666 g/mol. The van der Waals surface area contributed by atoms with Gasteiger partial charge in [0.15, 0.2) is 0 Å². The zero-order valence-corrected chi connectivity index (χ0v) is 32.4. The number of nitrogens with zero attached hydrogens (tertiary/aromatic N) is 3. The van der Waals surface area contributed by atoms with Gasteiger partial charge in [0.25, 0.3) is 0 Å². The van der Waals surface area contributed by atoms with Gasteiger partial charge in [-0.25, -0.2) is 4.79 Å². The van der Waals surface area contributed by atoms with Crippen LogP contribution in [0.5, 0.6) is 5.75 Å². The fourth-order valence-corrected chi connectivity index (χ4v) is 7.51. The Balaban J connectivity index is 1.34. The van der Waals surface area contributed by atoms with Crippen molar-refractivity contribution in [3.63, 3.8) is 0 Å². The molecule has 1 aliphatic heterocycles. The minimum atomic E-state index is -0.636.